The highest BCUT2D eigenvalue weighted by atomic mass is 19.1. The predicted molar refractivity (Wildman–Crippen MR) is 114 cm³/mol. The van der Waals surface area contributed by atoms with Crippen LogP contribution in [0.3, 0.4) is 0 Å². The third kappa shape index (κ3) is 4.69. The zero-order chi connectivity index (χ0) is 22.6. The van der Waals surface area contributed by atoms with Gasteiger partial charge in [-0.05, 0) is 63.2 Å². The standard InChI is InChI=1S/C23H22FN3O4/c1-4-31-21(29)17-7-5-6-8-19(17)25-22(30)23(2,3)27-20(28)14-13-18(26-27)15-9-11-16(24)12-10-15/h5-14H,4H2,1-3H3,(H,25,30). The number of esters is 1. The molecular formula is C23H22FN3O4. The summed E-state index contributed by atoms with van der Waals surface area (Å²) in [5.74, 6) is -1.50. The van der Waals surface area contributed by atoms with Gasteiger partial charge in [0.2, 0.25) is 0 Å². The van der Waals surface area contributed by atoms with Crippen LogP contribution < -0.4 is 10.9 Å². The molecule has 1 N–H and O–H groups in total. The first-order valence-corrected chi connectivity index (χ1v) is 9.68. The first-order valence-electron chi connectivity index (χ1n) is 9.68. The minimum Gasteiger partial charge on any atom is -0.462 e. The Hall–Kier alpha value is -3.81. The SMILES string of the molecule is CCOC(=O)c1ccccc1NC(=O)C(C)(C)n1nc(-c2ccc(F)cc2)ccc1=O. The van der Waals surface area contributed by atoms with Gasteiger partial charge in [0, 0.05) is 11.6 Å². The lowest BCUT2D eigenvalue weighted by Gasteiger charge is -2.26. The number of carbonyl (C=O) groups excluding carboxylic acids is 2. The Morgan fingerprint density at radius 2 is 1.74 bits per heavy atom. The van der Waals surface area contributed by atoms with E-state index in [0.29, 0.717) is 11.3 Å². The van der Waals surface area contributed by atoms with Crippen molar-refractivity contribution in [3.05, 3.63) is 82.4 Å². The van der Waals surface area contributed by atoms with Gasteiger partial charge in [-0.15, -0.1) is 0 Å². The summed E-state index contributed by atoms with van der Waals surface area (Å²) in [6.45, 7) is 4.97. The highest BCUT2D eigenvalue weighted by Gasteiger charge is 2.33. The Morgan fingerprint density at radius 1 is 1.06 bits per heavy atom. The third-order valence-corrected chi connectivity index (χ3v) is 4.70. The summed E-state index contributed by atoms with van der Waals surface area (Å²) in [7, 11) is 0. The van der Waals surface area contributed by atoms with E-state index in [-0.39, 0.29) is 17.9 Å². The number of hydrogen-bond acceptors (Lipinski definition) is 5. The van der Waals surface area contributed by atoms with E-state index in [1.807, 2.05) is 0 Å². The van der Waals surface area contributed by atoms with Crippen LogP contribution in [0.4, 0.5) is 10.1 Å². The molecule has 0 atom stereocenters. The van der Waals surface area contributed by atoms with Crippen LogP contribution in [0, 0.1) is 5.82 Å². The molecule has 0 aliphatic heterocycles. The molecule has 1 heterocycles. The van der Waals surface area contributed by atoms with E-state index in [1.54, 1.807) is 31.2 Å². The van der Waals surface area contributed by atoms with E-state index in [2.05, 4.69) is 10.4 Å². The Labute approximate surface area is 178 Å². The number of amides is 1. The number of anilines is 1. The molecule has 1 amide bonds. The molecule has 0 aliphatic rings. The number of nitrogens with zero attached hydrogens (tertiary/aromatic N) is 2. The number of para-hydroxylation sites is 1. The van der Waals surface area contributed by atoms with Crippen LogP contribution in [0.1, 0.15) is 31.1 Å². The molecule has 0 saturated heterocycles. The van der Waals surface area contributed by atoms with Gasteiger partial charge in [0.25, 0.3) is 11.5 Å². The zero-order valence-corrected chi connectivity index (χ0v) is 17.4. The van der Waals surface area contributed by atoms with Crippen LogP contribution in [0.15, 0.2) is 65.5 Å². The average Bonchev–Trinajstić information content (AvgIpc) is 2.75. The molecule has 0 radical (unpaired) electrons. The molecule has 31 heavy (non-hydrogen) atoms. The molecule has 0 saturated carbocycles. The Morgan fingerprint density at radius 3 is 2.42 bits per heavy atom. The second kappa shape index (κ2) is 8.91. The normalized spacial score (nSPS) is 11.1. The maximum atomic E-state index is 13.2. The minimum absolute atomic E-state index is 0.197. The molecule has 1 aromatic heterocycles. The molecular weight excluding hydrogens is 401 g/mol. The lowest BCUT2D eigenvalue weighted by Crippen LogP contribution is -2.47. The van der Waals surface area contributed by atoms with Gasteiger partial charge in [0.1, 0.15) is 11.4 Å². The van der Waals surface area contributed by atoms with Gasteiger partial charge in [0.15, 0.2) is 0 Å². The summed E-state index contributed by atoms with van der Waals surface area (Å²) in [5.41, 5.74) is -0.402. The van der Waals surface area contributed by atoms with Crippen molar-refractivity contribution in [1.82, 2.24) is 9.78 Å². The maximum absolute atomic E-state index is 13.2. The number of nitrogens with one attached hydrogen (secondary N) is 1. The van der Waals surface area contributed by atoms with Gasteiger partial charge in [-0.3, -0.25) is 9.59 Å². The average molecular weight is 423 g/mol. The number of hydrogen-bond donors (Lipinski definition) is 1. The van der Waals surface area contributed by atoms with E-state index in [9.17, 15) is 18.8 Å². The van der Waals surface area contributed by atoms with Gasteiger partial charge in [0.05, 0.1) is 23.6 Å². The molecule has 0 aliphatic carbocycles. The van der Waals surface area contributed by atoms with Gasteiger partial charge in [-0.1, -0.05) is 12.1 Å². The zero-order valence-electron chi connectivity index (χ0n) is 17.4. The fourth-order valence-corrected chi connectivity index (χ4v) is 2.94. The lowest BCUT2D eigenvalue weighted by molar-refractivity contribution is -0.123. The number of halogens is 1. The van der Waals surface area contributed by atoms with E-state index in [0.717, 1.165) is 4.68 Å². The maximum Gasteiger partial charge on any atom is 0.340 e. The molecule has 160 valence electrons. The van der Waals surface area contributed by atoms with Crippen LogP contribution in [0.2, 0.25) is 0 Å². The van der Waals surface area contributed by atoms with Gasteiger partial charge < -0.3 is 10.1 Å². The van der Waals surface area contributed by atoms with Crippen molar-refractivity contribution in [2.45, 2.75) is 26.3 Å². The summed E-state index contributed by atoms with van der Waals surface area (Å²) >= 11 is 0. The Bertz CT molecular complexity index is 1170. The molecule has 3 rings (SSSR count). The largest absolute Gasteiger partial charge is 0.462 e. The van der Waals surface area contributed by atoms with E-state index in [4.69, 9.17) is 4.74 Å². The Kier molecular flexibility index (Phi) is 6.29. The van der Waals surface area contributed by atoms with Crippen LogP contribution in [0.5, 0.6) is 0 Å². The summed E-state index contributed by atoms with van der Waals surface area (Å²) < 4.78 is 19.3. The highest BCUT2D eigenvalue weighted by Crippen LogP contribution is 2.22. The van der Waals surface area contributed by atoms with Gasteiger partial charge in [-0.2, -0.15) is 5.10 Å². The molecule has 8 heteroatoms. The van der Waals surface area contributed by atoms with Gasteiger partial charge >= 0.3 is 5.97 Å². The minimum atomic E-state index is -1.39. The van der Waals surface area contributed by atoms with Crippen LogP contribution in [0.25, 0.3) is 11.3 Å². The molecule has 2 aromatic carbocycles. The van der Waals surface area contributed by atoms with Crippen molar-refractivity contribution < 1.29 is 18.7 Å². The van der Waals surface area contributed by atoms with Crippen molar-refractivity contribution in [3.63, 3.8) is 0 Å². The summed E-state index contributed by atoms with van der Waals surface area (Å²) in [4.78, 5) is 37.8. The first-order chi connectivity index (χ1) is 14.7. The van der Waals surface area contributed by atoms with E-state index >= 15 is 0 Å². The van der Waals surface area contributed by atoms with E-state index in [1.165, 1.54) is 50.2 Å². The van der Waals surface area contributed by atoms with Crippen molar-refractivity contribution >= 4 is 17.6 Å². The van der Waals surface area contributed by atoms with Gasteiger partial charge in [-0.25, -0.2) is 13.9 Å². The number of ether oxygens (including phenoxy) is 1. The number of rotatable bonds is 6. The Balaban J connectivity index is 1.94. The molecule has 0 bridgehead atoms. The molecule has 3 aromatic rings. The van der Waals surface area contributed by atoms with Crippen molar-refractivity contribution in [3.8, 4) is 11.3 Å². The van der Waals surface area contributed by atoms with Crippen LogP contribution in [-0.4, -0.2) is 28.3 Å². The fourth-order valence-electron chi connectivity index (χ4n) is 2.94. The predicted octanol–water partition coefficient (Wildman–Crippen LogP) is 3.60. The van der Waals surface area contributed by atoms with Crippen molar-refractivity contribution in [1.29, 1.82) is 0 Å². The molecule has 0 spiro atoms. The quantitative estimate of drug-likeness (QED) is 0.612. The van der Waals surface area contributed by atoms with Crippen LogP contribution in [-0.2, 0) is 15.1 Å². The number of benzene rings is 2. The van der Waals surface area contributed by atoms with Crippen molar-refractivity contribution in [2.75, 3.05) is 11.9 Å². The second-order valence-electron chi connectivity index (χ2n) is 7.25. The fraction of sp³-hybridized carbons (Fsp3) is 0.217. The molecule has 0 unspecified atom stereocenters. The smallest absolute Gasteiger partial charge is 0.340 e. The first kappa shape index (κ1) is 21.9. The third-order valence-electron chi connectivity index (χ3n) is 4.70. The lowest BCUT2D eigenvalue weighted by atomic mass is 10.0. The highest BCUT2D eigenvalue weighted by molar-refractivity contribution is 6.03. The summed E-state index contributed by atoms with van der Waals surface area (Å²) in [6, 6.07) is 14.9. The summed E-state index contributed by atoms with van der Waals surface area (Å²) in [6.07, 6.45) is 0. The van der Waals surface area contributed by atoms with Crippen LogP contribution >= 0.6 is 0 Å². The van der Waals surface area contributed by atoms with Crippen molar-refractivity contribution in [2.24, 2.45) is 0 Å². The topological polar surface area (TPSA) is 90.3 Å². The monoisotopic (exact) mass is 423 g/mol. The second-order valence-corrected chi connectivity index (χ2v) is 7.25. The van der Waals surface area contributed by atoms with E-state index < -0.39 is 28.8 Å². The molecule has 0 fully saturated rings. The number of carbonyl (C=O) groups is 2. The number of aromatic nitrogens is 2. The summed E-state index contributed by atoms with van der Waals surface area (Å²) in [5, 5.41) is 7.02. The molecule has 7 nitrogen and oxygen atoms in total.